The molecule has 0 aliphatic heterocycles. The lowest BCUT2D eigenvalue weighted by atomic mass is 10.2. The van der Waals surface area contributed by atoms with Crippen molar-refractivity contribution in [2.24, 2.45) is 0 Å². The molecule has 0 fully saturated rings. The highest BCUT2D eigenvalue weighted by atomic mass is 32.2. The van der Waals surface area contributed by atoms with Crippen molar-refractivity contribution in [3.8, 4) is 0 Å². The Bertz CT molecular complexity index is 647. The van der Waals surface area contributed by atoms with Crippen LogP contribution < -0.4 is 0 Å². The topological polar surface area (TPSA) is 89.9 Å². The Labute approximate surface area is 129 Å². The Balaban J connectivity index is 3.32. The van der Waals surface area contributed by atoms with Crippen LogP contribution in [-0.4, -0.2) is 25.9 Å². The van der Waals surface area contributed by atoms with E-state index in [4.69, 9.17) is 4.89 Å². The van der Waals surface area contributed by atoms with Crippen molar-refractivity contribution in [3.63, 3.8) is 0 Å². The van der Waals surface area contributed by atoms with Gasteiger partial charge in [0.25, 0.3) is 0 Å². The summed E-state index contributed by atoms with van der Waals surface area (Å²) in [6.07, 6.45) is -4.90. The van der Waals surface area contributed by atoms with Crippen molar-refractivity contribution in [2.75, 3.05) is 12.5 Å². The molecule has 0 aromatic heterocycles. The first-order valence-corrected chi connectivity index (χ1v) is 9.13. The predicted molar refractivity (Wildman–Crippen MR) is 71.9 cm³/mol. The first kappa shape index (κ1) is 19.3. The van der Waals surface area contributed by atoms with Crippen molar-refractivity contribution in [1.82, 2.24) is 0 Å². The molecule has 1 aromatic rings. The number of rotatable bonds is 7. The second-order valence-electron chi connectivity index (χ2n) is 3.62. The van der Waals surface area contributed by atoms with Gasteiger partial charge in [-0.1, -0.05) is 17.5 Å². The highest BCUT2D eigenvalue weighted by molar-refractivity contribution is 8.00. The lowest BCUT2D eigenvalue weighted by molar-refractivity contribution is -0.140. The van der Waals surface area contributed by atoms with Crippen molar-refractivity contribution in [3.05, 3.63) is 23.8 Å². The van der Waals surface area contributed by atoms with Crippen LogP contribution in [0, 0.1) is 0 Å². The molecule has 0 aliphatic rings. The standard InChI is InChI=1S/C10H10F3O6PS2/c1-2-21-8-5-3-4-7(10(11,12)13)9(8)22(16,17)19-6-18-20(14)15/h3-5H,2,6H2,1H3/p+1. The average molecular weight is 379 g/mol. The van der Waals surface area contributed by atoms with Crippen LogP contribution in [0.2, 0.25) is 0 Å². The third-order valence-corrected chi connectivity index (χ3v) is 4.94. The van der Waals surface area contributed by atoms with Gasteiger partial charge in [0.1, 0.15) is 4.90 Å². The van der Waals surface area contributed by atoms with Crippen LogP contribution in [0.5, 0.6) is 0 Å². The zero-order chi connectivity index (χ0) is 17.0. The molecule has 0 aliphatic carbocycles. The molecule has 0 spiro atoms. The summed E-state index contributed by atoms with van der Waals surface area (Å²) in [6.45, 7) is 0.470. The Kier molecular flexibility index (Phi) is 6.78. The minimum absolute atomic E-state index is 0.134. The van der Waals surface area contributed by atoms with Crippen LogP contribution in [0.15, 0.2) is 28.0 Å². The molecule has 12 heteroatoms. The summed E-state index contributed by atoms with van der Waals surface area (Å²) in [5.41, 5.74) is -1.38. The molecule has 0 amide bonds. The molecule has 0 heterocycles. The van der Waals surface area contributed by atoms with E-state index in [2.05, 4.69) is 8.71 Å². The summed E-state index contributed by atoms with van der Waals surface area (Å²) in [6, 6.07) is 2.91. The van der Waals surface area contributed by atoms with E-state index in [1.807, 2.05) is 0 Å². The van der Waals surface area contributed by atoms with Crippen LogP contribution in [-0.2, 0) is 29.6 Å². The van der Waals surface area contributed by atoms with Gasteiger partial charge in [-0.15, -0.1) is 16.7 Å². The van der Waals surface area contributed by atoms with Gasteiger partial charge in [0.2, 0.25) is 6.79 Å². The molecule has 1 rings (SSSR count). The Morgan fingerprint density at radius 2 is 2.00 bits per heavy atom. The number of alkyl halides is 3. The van der Waals surface area contributed by atoms with E-state index in [0.717, 1.165) is 17.8 Å². The van der Waals surface area contributed by atoms with Gasteiger partial charge in [0, 0.05) is 9.46 Å². The van der Waals surface area contributed by atoms with Crippen molar-refractivity contribution in [2.45, 2.75) is 22.9 Å². The van der Waals surface area contributed by atoms with E-state index in [9.17, 15) is 26.2 Å². The summed E-state index contributed by atoms with van der Waals surface area (Å²) in [5, 5.41) is 0. The van der Waals surface area contributed by atoms with E-state index < -0.39 is 41.8 Å². The fraction of sp³-hybridized carbons (Fsp3) is 0.400. The van der Waals surface area contributed by atoms with Crippen LogP contribution in [0.25, 0.3) is 0 Å². The molecular formula is C10H11F3O6PS2+. The van der Waals surface area contributed by atoms with Crippen LogP contribution in [0.4, 0.5) is 13.2 Å². The molecule has 1 N–H and O–H groups in total. The molecule has 0 bridgehead atoms. The summed E-state index contributed by atoms with van der Waals surface area (Å²) in [7, 11) is -7.96. The molecule has 0 saturated carbocycles. The van der Waals surface area contributed by atoms with Crippen LogP contribution >= 0.6 is 20.0 Å². The Morgan fingerprint density at radius 1 is 1.36 bits per heavy atom. The fourth-order valence-electron chi connectivity index (χ4n) is 1.45. The molecule has 0 radical (unpaired) electrons. The molecular weight excluding hydrogens is 368 g/mol. The van der Waals surface area contributed by atoms with Gasteiger partial charge in [-0.3, -0.25) is 0 Å². The van der Waals surface area contributed by atoms with Crippen molar-refractivity contribution < 1.29 is 39.8 Å². The minimum Gasteiger partial charge on any atom is -0.232 e. The first-order valence-electron chi connectivity index (χ1n) is 5.61. The molecule has 6 nitrogen and oxygen atoms in total. The van der Waals surface area contributed by atoms with E-state index in [1.165, 1.54) is 6.07 Å². The fourth-order valence-corrected chi connectivity index (χ4v) is 3.94. The van der Waals surface area contributed by atoms with Crippen molar-refractivity contribution >= 4 is 30.1 Å². The molecule has 0 saturated heterocycles. The third-order valence-electron chi connectivity index (χ3n) is 2.20. The number of benzene rings is 1. The third kappa shape index (κ3) is 5.18. The average Bonchev–Trinajstić information content (AvgIpc) is 2.37. The van der Waals surface area contributed by atoms with Gasteiger partial charge in [-0.25, -0.2) is 4.18 Å². The quantitative estimate of drug-likeness (QED) is 0.337. The normalized spacial score (nSPS) is 13.2. The molecule has 1 aromatic carbocycles. The molecule has 22 heavy (non-hydrogen) atoms. The zero-order valence-corrected chi connectivity index (χ0v) is 13.6. The second kappa shape index (κ2) is 7.71. The van der Waals surface area contributed by atoms with Crippen LogP contribution in [0.3, 0.4) is 0 Å². The van der Waals surface area contributed by atoms with E-state index >= 15 is 0 Å². The molecule has 1 atom stereocenters. The summed E-state index contributed by atoms with van der Waals surface area (Å²) in [4.78, 5) is 7.20. The van der Waals surface area contributed by atoms with Crippen LogP contribution in [0.1, 0.15) is 12.5 Å². The van der Waals surface area contributed by atoms with E-state index in [1.54, 1.807) is 6.92 Å². The SMILES string of the molecule is CCSc1cccc(C(F)(F)F)c1S(=O)(=O)OCO[P+](=O)O. The Hall–Kier alpha value is -0.710. The molecule has 124 valence electrons. The molecule has 1 unspecified atom stereocenters. The number of hydrogen-bond acceptors (Lipinski definition) is 6. The number of hydrogen-bond donors (Lipinski definition) is 1. The summed E-state index contributed by atoms with van der Waals surface area (Å²) >= 11 is 0.892. The maximum absolute atomic E-state index is 13.0. The highest BCUT2D eigenvalue weighted by Crippen LogP contribution is 2.39. The lowest BCUT2D eigenvalue weighted by Crippen LogP contribution is -2.17. The van der Waals surface area contributed by atoms with Gasteiger partial charge >= 0.3 is 24.5 Å². The summed E-state index contributed by atoms with van der Waals surface area (Å²) < 4.78 is 81.5. The van der Waals surface area contributed by atoms with Gasteiger partial charge < -0.3 is 0 Å². The van der Waals surface area contributed by atoms with E-state index in [-0.39, 0.29) is 4.90 Å². The largest absolute Gasteiger partial charge is 0.697 e. The van der Waals surface area contributed by atoms with Crippen molar-refractivity contribution in [1.29, 1.82) is 0 Å². The monoisotopic (exact) mass is 379 g/mol. The lowest BCUT2D eigenvalue weighted by Gasteiger charge is -2.15. The first-order chi connectivity index (χ1) is 10.1. The minimum atomic E-state index is -4.90. The maximum Gasteiger partial charge on any atom is 0.697 e. The van der Waals surface area contributed by atoms with Gasteiger partial charge in [0.15, 0.2) is 0 Å². The smallest absolute Gasteiger partial charge is 0.232 e. The van der Waals surface area contributed by atoms with Gasteiger partial charge in [0.05, 0.1) is 5.56 Å². The summed E-state index contributed by atoms with van der Waals surface area (Å²) in [5.74, 6) is 0.336. The highest BCUT2D eigenvalue weighted by Gasteiger charge is 2.39. The number of thioether (sulfide) groups is 1. The zero-order valence-electron chi connectivity index (χ0n) is 11.0. The number of halogens is 3. The second-order valence-corrected chi connectivity index (χ2v) is 7.21. The Morgan fingerprint density at radius 3 is 2.50 bits per heavy atom. The van der Waals surface area contributed by atoms with Gasteiger partial charge in [-0.05, 0) is 17.9 Å². The maximum atomic E-state index is 13.0. The van der Waals surface area contributed by atoms with E-state index in [0.29, 0.717) is 11.8 Å². The predicted octanol–water partition coefficient (Wildman–Crippen LogP) is 3.15. The van der Waals surface area contributed by atoms with Gasteiger partial charge in [-0.2, -0.15) is 21.6 Å².